The summed E-state index contributed by atoms with van der Waals surface area (Å²) in [6.07, 6.45) is 2.42. The SMILES string of the molecule is CNC(c1cncc(F)c1)c1cc(F)c(Cl)cc1F. The highest BCUT2D eigenvalue weighted by Crippen LogP contribution is 2.28. The largest absolute Gasteiger partial charge is 0.309 e. The summed E-state index contributed by atoms with van der Waals surface area (Å²) in [7, 11) is 1.56. The zero-order valence-corrected chi connectivity index (χ0v) is 10.7. The van der Waals surface area contributed by atoms with Crippen molar-refractivity contribution in [3.63, 3.8) is 0 Å². The fraction of sp³-hybridized carbons (Fsp3) is 0.154. The maximum atomic E-state index is 13.8. The van der Waals surface area contributed by atoms with E-state index >= 15 is 0 Å². The second-order valence-corrected chi connectivity index (χ2v) is 4.35. The van der Waals surface area contributed by atoms with Gasteiger partial charge in [-0.15, -0.1) is 0 Å². The van der Waals surface area contributed by atoms with Gasteiger partial charge in [-0.1, -0.05) is 11.6 Å². The highest BCUT2D eigenvalue weighted by molar-refractivity contribution is 6.30. The molecule has 0 saturated carbocycles. The van der Waals surface area contributed by atoms with Crippen LogP contribution in [-0.2, 0) is 0 Å². The molecule has 1 unspecified atom stereocenters. The van der Waals surface area contributed by atoms with Crippen LogP contribution in [-0.4, -0.2) is 12.0 Å². The van der Waals surface area contributed by atoms with Crippen molar-refractivity contribution < 1.29 is 13.2 Å². The lowest BCUT2D eigenvalue weighted by molar-refractivity contribution is 0.554. The number of benzene rings is 1. The molecular weight excluding hydrogens is 277 g/mol. The zero-order valence-electron chi connectivity index (χ0n) is 9.92. The van der Waals surface area contributed by atoms with E-state index in [1.807, 2.05) is 0 Å². The Morgan fingerprint density at radius 2 is 1.84 bits per heavy atom. The predicted octanol–water partition coefficient (Wildman–Crippen LogP) is 3.46. The summed E-state index contributed by atoms with van der Waals surface area (Å²) in [5.41, 5.74) is 0.430. The molecule has 0 fully saturated rings. The molecule has 19 heavy (non-hydrogen) atoms. The lowest BCUT2D eigenvalue weighted by atomic mass is 9.99. The van der Waals surface area contributed by atoms with E-state index in [1.54, 1.807) is 7.05 Å². The van der Waals surface area contributed by atoms with Gasteiger partial charge in [-0.25, -0.2) is 13.2 Å². The van der Waals surface area contributed by atoms with Crippen LogP contribution in [0, 0.1) is 17.5 Å². The zero-order chi connectivity index (χ0) is 14.0. The molecule has 2 aromatic rings. The molecule has 0 radical (unpaired) electrons. The quantitative estimate of drug-likeness (QED) is 0.874. The molecule has 0 spiro atoms. The Kier molecular flexibility index (Phi) is 4.07. The van der Waals surface area contributed by atoms with Gasteiger partial charge in [0, 0.05) is 11.8 Å². The summed E-state index contributed by atoms with van der Waals surface area (Å²) in [5, 5.41) is 2.50. The van der Waals surface area contributed by atoms with Gasteiger partial charge in [0.1, 0.15) is 17.5 Å². The Bertz CT molecular complexity index is 604. The third kappa shape index (κ3) is 2.88. The number of aromatic nitrogens is 1. The summed E-state index contributed by atoms with van der Waals surface area (Å²) < 4.78 is 40.4. The first-order valence-corrected chi connectivity index (χ1v) is 5.83. The molecule has 0 amide bonds. The van der Waals surface area contributed by atoms with Gasteiger partial charge in [0.2, 0.25) is 0 Å². The number of nitrogens with one attached hydrogen (secondary N) is 1. The normalized spacial score (nSPS) is 12.5. The molecule has 1 N–H and O–H groups in total. The summed E-state index contributed by atoms with van der Waals surface area (Å²) in [6, 6.07) is 2.38. The summed E-state index contributed by atoms with van der Waals surface area (Å²) in [4.78, 5) is 3.69. The van der Waals surface area contributed by atoms with Crippen molar-refractivity contribution in [1.29, 1.82) is 0 Å². The standard InChI is InChI=1S/C13H10ClF3N2/c1-18-13(7-2-8(15)6-19-5-7)9-3-12(17)10(14)4-11(9)16/h2-6,13,18H,1H3. The van der Waals surface area contributed by atoms with E-state index in [2.05, 4.69) is 10.3 Å². The molecule has 0 aliphatic carbocycles. The van der Waals surface area contributed by atoms with Crippen LogP contribution in [0.5, 0.6) is 0 Å². The van der Waals surface area contributed by atoms with Crippen molar-refractivity contribution in [3.05, 3.63) is 64.2 Å². The molecule has 100 valence electrons. The number of pyridine rings is 1. The molecular formula is C13H10ClF3N2. The number of halogens is 4. The molecule has 1 atom stereocenters. The summed E-state index contributed by atoms with van der Waals surface area (Å²) >= 11 is 5.50. The molecule has 2 rings (SSSR count). The van der Waals surface area contributed by atoms with Gasteiger partial charge in [0.15, 0.2) is 0 Å². The highest BCUT2D eigenvalue weighted by atomic mass is 35.5. The van der Waals surface area contributed by atoms with E-state index in [4.69, 9.17) is 11.6 Å². The lowest BCUT2D eigenvalue weighted by Gasteiger charge is -2.18. The number of hydrogen-bond acceptors (Lipinski definition) is 2. The van der Waals surface area contributed by atoms with Gasteiger partial charge in [-0.3, -0.25) is 4.98 Å². The maximum absolute atomic E-state index is 13.8. The molecule has 1 heterocycles. The third-order valence-electron chi connectivity index (χ3n) is 2.70. The molecule has 0 aliphatic heterocycles. The Morgan fingerprint density at radius 3 is 2.47 bits per heavy atom. The Balaban J connectivity index is 2.51. The fourth-order valence-corrected chi connectivity index (χ4v) is 2.00. The average Bonchev–Trinajstić information content (AvgIpc) is 2.36. The molecule has 6 heteroatoms. The van der Waals surface area contributed by atoms with E-state index in [9.17, 15) is 13.2 Å². The first kappa shape index (κ1) is 13.8. The van der Waals surface area contributed by atoms with Crippen molar-refractivity contribution >= 4 is 11.6 Å². The van der Waals surface area contributed by atoms with Gasteiger partial charge in [0.05, 0.1) is 17.3 Å². The number of rotatable bonds is 3. The van der Waals surface area contributed by atoms with Crippen molar-refractivity contribution in [1.82, 2.24) is 10.3 Å². The molecule has 0 bridgehead atoms. The van der Waals surface area contributed by atoms with Crippen molar-refractivity contribution in [2.75, 3.05) is 7.05 Å². The predicted molar refractivity (Wildman–Crippen MR) is 66.5 cm³/mol. The van der Waals surface area contributed by atoms with Crippen LogP contribution >= 0.6 is 11.6 Å². The number of hydrogen-bond donors (Lipinski definition) is 1. The van der Waals surface area contributed by atoms with E-state index in [1.165, 1.54) is 12.3 Å². The molecule has 1 aromatic heterocycles. The van der Waals surface area contributed by atoms with Crippen LogP contribution in [0.1, 0.15) is 17.2 Å². The summed E-state index contributed by atoms with van der Waals surface area (Å²) in [5.74, 6) is -1.95. The summed E-state index contributed by atoms with van der Waals surface area (Å²) in [6.45, 7) is 0. The Morgan fingerprint density at radius 1 is 1.11 bits per heavy atom. The van der Waals surface area contributed by atoms with E-state index in [0.29, 0.717) is 5.56 Å². The van der Waals surface area contributed by atoms with Gasteiger partial charge >= 0.3 is 0 Å². The van der Waals surface area contributed by atoms with Crippen LogP contribution < -0.4 is 5.32 Å². The van der Waals surface area contributed by atoms with Crippen LogP contribution in [0.3, 0.4) is 0 Å². The van der Waals surface area contributed by atoms with E-state index in [0.717, 1.165) is 18.3 Å². The monoisotopic (exact) mass is 286 g/mol. The Labute approximate surface area is 113 Å². The van der Waals surface area contributed by atoms with Gasteiger partial charge in [-0.05, 0) is 30.8 Å². The van der Waals surface area contributed by atoms with Crippen LogP contribution in [0.4, 0.5) is 13.2 Å². The molecule has 0 aliphatic rings. The minimum Gasteiger partial charge on any atom is -0.309 e. The van der Waals surface area contributed by atoms with Gasteiger partial charge in [0.25, 0.3) is 0 Å². The Hall–Kier alpha value is -1.59. The van der Waals surface area contributed by atoms with Crippen LogP contribution in [0.15, 0.2) is 30.6 Å². The van der Waals surface area contributed by atoms with E-state index < -0.39 is 23.5 Å². The second-order valence-electron chi connectivity index (χ2n) is 3.95. The first-order chi connectivity index (χ1) is 9.02. The lowest BCUT2D eigenvalue weighted by Crippen LogP contribution is -2.19. The van der Waals surface area contributed by atoms with Crippen molar-refractivity contribution in [2.24, 2.45) is 0 Å². The highest BCUT2D eigenvalue weighted by Gasteiger charge is 2.19. The van der Waals surface area contributed by atoms with E-state index in [-0.39, 0.29) is 10.6 Å². The third-order valence-corrected chi connectivity index (χ3v) is 2.99. The number of nitrogens with zero attached hydrogens (tertiary/aromatic N) is 1. The average molecular weight is 287 g/mol. The van der Waals surface area contributed by atoms with Crippen LogP contribution in [0.2, 0.25) is 5.02 Å². The smallest absolute Gasteiger partial charge is 0.142 e. The topological polar surface area (TPSA) is 24.9 Å². The van der Waals surface area contributed by atoms with Gasteiger partial charge in [-0.2, -0.15) is 0 Å². The minimum atomic E-state index is -0.734. The fourth-order valence-electron chi connectivity index (χ4n) is 1.85. The molecule has 2 nitrogen and oxygen atoms in total. The first-order valence-electron chi connectivity index (χ1n) is 5.45. The molecule has 1 aromatic carbocycles. The van der Waals surface area contributed by atoms with Gasteiger partial charge < -0.3 is 5.32 Å². The maximum Gasteiger partial charge on any atom is 0.142 e. The van der Waals surface area contributed by atoms with Crippen molar-refractivity contribution in [2.45, 2.75) is 6.04 Å². The molecule has 0 saturated heterocycles. The minimum absolute atomic E-state index is 0.0387. The van der Waals surface area contributed by atoms with Crippen molar-refractivity contribution in [3.8, 4) is 0 Å². The van der Waals surface area contributed by atoms with Crippen LogP contribution in [0.25, 0.3) is 0 Å². The second kappa shape index (κ2) is 5.59.